The lowest BCUT2D eigenvalue weighted by Gasteiger charge is -2.31. The summed E-state index contributed by atoms with van der Waals surface area (Å²) in [5, 5.41) is 0. The van der Waals surface area contributed by atoms with E-state index in [9.17, 15) is 4.79 Å². The highest BCUT2D eigenvalue weighted by molar-refractivity contribution is 5.81. The van der Waals surface area contributed by atoms with Crippen LogP contribution in [0.3, 0.4) is 0 Å². The molecule has 0 N–H and O–H groups in total. The van der Waals surface area contributed by atoms with Gasteiger partial charge in [-0.05, 0) is 74.5 Å². The van der Waals surface area contributed by atoms with Crippen molar-refractivity contribution < 1.29 is 4.79 Å². The molecule has 1 nitrogen and oxygen atoms in total. The molecule has 0 radical (unpaired) electrons. The van der Waals surface area contributed by atoms with Crippen molar-refractivity contribution in [1.82, 2.24) is 0 Å². The summed E-state index contributed by atoms with van der Waals surface area (Å²) in [6.07, 6.45) is 11.6. The van der Waals surface area contributed by atoms with Gasteiger partial charge in [-0.1, -0.05) is 20.3 Å². The first-order chi connectivity index (χ1) is 9.13. The SMILES string of the molecule is CC(C)C1CCC(C(=O)CC2CC3CCC2C3)CC1. The Morgan fingerprint density at radius 3 is 2.26 bits per heavy atom. The third-order valence-corrected chi connectivity index (χ3v) is 6.52. The van der Waals surface area contributed by atoms with Gasteiger partial charge in [-0.25, -0.2) is 0 Å². The average molecular weight is 262 g/mol. The Morgan fingerprint density at radius 1 is 1.00 bits per heavy atom. The molecule has 19 heavy (non-hydrogen) atoms. The van der Waals surface area contributed by atoms with E-state index < -0.39 is 0 Å². The summed E-state index contributed by atoms with van der Waals surface area (Å²) in [5.74, 6) is 5.41. The quantitative estimate of drug-likeness (QED) is 0.708. The molecule has 3 aliphatic carbocycles. The Morgan fingerprint density at radius 2 is 1.74 bits per heavy atom. The van der Waals surface area contributed by atoms with Gasteiger partial charge in [0.25, 0.3) is 0 Å². The molecule has 0 aromatic rings. The molecule has 0 aromatic heterocycles. The van der Waals surface area contributed by atoms with Gasteiger partial charge in [0.2, 0.25) is 0 Å². The molecule has 0 aliphatic heterocycles. The predicted octanol–water partition coefficient (Wildman–Crippen LogP) is 4.84. The van der Waals surface area contributed by atoms with Crippen LogP contribution >= 0.6 is 0 Å². The van der Waals surface area contributed by atoms with Crippen LogP contribution in [0.25, 0.3) is 0 Å². The molecule has 2 bridgehead atoms. The van der Waals surface area contributed by atoms with Gasteiger partial charge < -0.3 is 0 Å². The number of hydrogen-bond acceptors (Lipinski definition) is 1. The Bertz CT molecular complexity index is 325. The minimum Gasteiger partial charge on any atom is -0.299 e. The third-order valence-electron chi connectivity index (χ3n) is 6.52. The van der Waals surface area contributed by atoms with E-state index in [1.807, 2.05) is 0 Å². The topological polar surface area (TPSA) is 17.1 Å². The van der Waals surface area contributed by atoms with Crippen molar-refractivity contribution in [3.63, 3.8) is 0 Å². The molecule has 0 aromatic carbocycles. The summed E-state index contributed by atoms with van der Waals surface area (Å²) in [6, 6.07) is 0. The molecule has 3 aliphatic rings. The number of fused-ring (bicyclic) bond motifs is 2. The van der Waals surface area contributed by atoms with Crippen molar-refractivity contribution in [2.45, 2.75) is 71.6 Å². The van der Waals surface area contributed by atoms with Crippen molar-refractivity contribution in [2.75, 3.05) is 0 Å². The Kier molecular flexibility index (Phi) is 4.01. The fourth-order valence-corrected chi connectivity index (χ4v) is 5.16. The van der Waals surface area contributed by atoms with Gasteiger partial charge >= 0.3 is 0 Å². The normalized spacial score (nSPS) is 41.9. The van der Waals surface area contributed by atoms with E-state index in [0.717, 1.165) is 36.0 Å². The van der Waals surface area contributed by atoms with Crippen LogP contribution < -0.4 is 0 Å². The van der Waals surface area contributed by atoms with E-state index >= 15 is 0 Å². The van der Waals surface area contributed by atoms with Crippen LogP contribution in [0.1, 0.15) is 71.6 Å². The monoisotopic (exact) mass is 262 g/mol. The average Bonchev–Trinajstić information content (AvgIpc) is 3.01. The van der Waals surface area contributed by atoms with Crippen molar-refractivity contribution >= 4 is 5.78 Å². The van der Waals surface area contributed by atoms with Crippen LogP contribution in [0.4, 0.5) is 0 Å². The minimum absolute atomic E-state index is 0.425. The van der Waals surface area contributed by atoms with Crippen molar-refractivity contribution in [1.29, 1.82) is 0 Å². The van der Waals surface area contributed by atoms with Crippen molar-refractivity contribution in [3.8, 4) is 0 Å². The third kappa shape index (κ3) is 2.90. The number of Topliss-reactive ketones (excluding diaryl/α,β-unsaturated/α-hetero) is 1. The molecule has 0 amide bonds. The number of carbonyl (C=O) groups is 1. The van der Waals surface area contributed by atoms with Crippen LogP contribution in [-0.4, -0.2) is 5.78 Å². The van der Waals surface area contributed by atoms with Gasteiger partial charge in [-0.15, -0.1) is 0 Å². The van der Waals surface area contributed by atoms with Gasteiger partial charge in [0.15, 0.2) is 0 Å². The number of carbonyl (C=O) groups excluding carboxylic acids is 1. The summed E-state index contributed by atoms with van der Waals surface area (Å²) >= 11 is 0. The maximum atomic E-state index is 12.5. The summed E-state index contributed by atoms with van der Waals surface area (Å²) in [4.78, 5) is 12.5. The molecule has 3 rings (SSSR count). The van der Waals surface area contributed by atoms with Gasteiger partial charge in [-0.3, -0.25) is 4.79 Å². The molecule has 1 heteroatoms. The molecule has 0 saturated heterocycles. The molecule has 3 atom stereocenters. The lowest BCUT2D eigenvalue weighted by Crippen LogP contribution is -2.26. The van der Waals surface area contributed by atoms with E-state index in [4.69, 9.17) is 0 Å². The molecule has 0 spiro atoms. The predicted molar refractivity (Wildman–Crippen MR) is 78.8 cm³/mol. The minimum atomic E-state index is 0.425. The second-order valence-electron chi connectivity index (χ2n) is 7.96. The molecule has 108 valence electrons. The largest absolute Gasteiger partial charge is 0.299 e. The van der Waals surface area contributed by atoms with E-state index in [2.05, 4.69) is 13.8 Å². The number of rotatable bonds is 4. The molecule has 3 unspecified atom stereocenters. The lowest BCUT2D eigenvalue weighted by atomic mass is 9.73. The Labute approximate surface area is 118 Å². The van der Waals surface area contributed by atoms with Gasteiger partial charge in [0, 0.05) is 12.3 Å². The highest BCUT2D eigenvalue weighted by Crippen LogP contribution is 2.50. The summed E-state index contributed by atoms with van der Waals surface area (Å²) < 4.78 is 0. The first-order valence-electron chi connectivity index (χ1n) is 8.66. The number of hydrogen-bond donors (Lipinski definition) is 0. The fourth-order valence-electron chi connectivity index (χ4n) is 5.16. The van der Waals surface area contributed by atoms with E-state index in [-0.39, 0.29) is 0 Å². The van der Waals surface area contributed by atoms with Gasteiger partial charge in [-0.2, -0.15) is 0 Å². The maximum absolute atomic E-state index is 12.5. The van der Waals surface area contributed by atoms with Crippen LogP contribution in [-0.2, 0) is 4.79 Å². The zero-order chi connectivity index (χ0) is 13.4. The second kappa shape index (κ2) is 5.58. The fraction of sp³-hybridized carbons (Fsp3) is 0.944. The summed E-state index contributed by atoms with van der Waals surface area (Å²) in [5.41, 5.74) is 0. The smallest absolute Gasteiger partial charge is 0.136 e. The van der Waals surface area contributed by atoms with E-state index in [0.29, 0.717) is 11.7 Å². The van der Waals surface area contributed by atoms with Crippen molar-refractivity contribution in [3.05, 3.63) is 0 Å². The second-order valence-corrected chi connectivity index (χ2v) is 7.96. The zero-order valence-corrected chi connectivity index (χ0v) is 12.7. The van der Waals surface area contributed by atoms with E-state index in [1.54, 1.807) is 0 Å². The van der Waals surface area contributed by atoms with Crippen LogP contribution in [0, 0.1) is 35.5 Å². The van der Waals surface area contributed by atoms with Crippen molar-refractivity contribution in [2.24, 2.45) is 35.5 Å². The standard InChI is InChI=1S/C18H30O/c1-12(2)14-5-7-15(8-6-14)18(19)11-17-10-13-3-4-16(17)9-13/h12-17H,3-11H2,1-2H3. The molecule has 0 heterocycles. The van der Waals surface area contributed by atoms with Gasteiger partial charge in [0.05, 0.1) is 0 Å². The first kappa shape index (κ1) is 13.6. The highest BCUT2D eigenvalue weighted by atomic mass is 16.1. The molecule has 3 fully saturated rings. The Balaban J connectivity index is 1.46. The Hall–Kier alpha value is -0.330. The summed E-state index contributed by atoms with van der Waals surface area (Å²) in [7, 11) is 0. The zero-order valence-electron chi connectivity index (χ0n) is 12.7. The van der Waals surface area contributed by atoms with E-state index in [1.165, 1.54) is 51.4 Å². The van der Waals surface area contributed by atoms with Crippen LogP contribution in [0.5, 0.6) is 0 Å². The molecular formula is C18H30O. The number of ketones is 1. The van der Waals surface area contributed by atoms with Crippen LogP contribution in [0.2, 0.25) is 0 Å². The van der Waals surface area contributed by atoms with Gasteiger partial charge in [0.1, 0.15) is 5.78 Å². The molecular weight excluding hydrogens is 232 g/mol. The van der Waals surface area contributed by atoms with Crippen LogP contribution in [0.15, 0.2) is 0 Å². The first-order valence-corrected chi connectivity index (χ1v) is 8.66. The highest BCUT2D eigenvalue weighted by Gasteiger charge is 2.41. The maximum Gasteiger partial charge on any atom is 0.136 e. The lowest BCUT2D eigenvalue weighted by molar-refractivity contribution is -0.125. The molecule has 3 saturated carbocycles. The summed E-state index contributed by atoms with van der Waals surface area (Å²) in [6.45, 7) is 4.67.